The normalized spacial score (nSPS) is 40.7. The molecule has 3 unspecified atom stereocenters. The van der Waals surface area contributed by atoms with Gasteiger partial charge in [0.05, 0.1) is 17.7 Å². The third-order valence-corrected chi connectivity index (χ3v) is 4.27. The van der Waals surface area contributed by atoms with Crippen molar-refractivity contribution in [3.63, 3.8) is 0 Å². The topological polar surface area (TPSA) is 50.4 Å². The molecule has 5 heteroatoms. The number of ether oxygens (including phenoxy) is 1. The molecule has 2 aliphatic heterocycles. The molecule has 2 heterocycles. The minimum Gasteiger partial charge on any atom is -0.376 e. The Morgan fingerprint density at radius 2 is 2.47 bits per heavy atom. The second-order valence-electron chi connectivity index (χ2n) is 4.44. The average molecular weight is 230 g/mol. The van der Waals surface area contributed by atoms with Crippen LogP contribution in [-0.4, -0.2) is 41.8 Å². The van der Waals surface area contributed by atoms with Gasteiger partial charge < -0.3 is 10.1 Å². The first-order valence-corrected chi connectivity index (χ1v) is 6.52. The van der Waals surface area contributed by atoms with Crippen molar-refractivity contribution in [2.45, 2.75) is 38.0 Å². The zero-order chi connectivity index (χ0) is 10.9. The summed E-state index contributed by atoms with van der Waals surface area (Å²) in [5.74, 6) is 1.86. The molecule has 1 amide bonds. The van der Waals surface area contributed by atoms with Crippen LogP contribution in [0.1, 0.15) is 20.3 Å². The number of hydrogen-bond donors (Lipinski definition) is 2. The van der Waals surface area contributed by atoms with Crippen molar-refractivity contribution < 1.29 is 9.53 Å². The first-order chi connectivity index (χ1) is 7.12. The lowest BCUT2D eigenvalue weighted by molar-refractivity contribution is -0.124. The lowest BCUT2D eigenvalue weighted by Gasteiger charge is -2.30. The van der Waals surface area contributed by atoms with Gasteiger partial charge in [-0.15, -0.1) is 11.8 Å². The molecule has 15 heavy (non-hydrogen) atoms. The maximum Gasteiger partial charge on any atom is 0.238 e. The number of amides is 1. The quantitative estimate of drug-likeness (QED) is 0.718. The molecule has 0 saturated carbocycles. The van der Waals surface area contributed by atoms with Crippen LogP contribution in [0.4, 0.5) is 0 Å². The zero-order valence-electron chi connectivity index (χ0n) is 9.21. The Bertz CT molecular complexity index is 256. The number of rotatable bonds is 2. The molecule has 3 atom stereocenters. The molecular formula is C10H18N2O2S. The predicted octanol–water partition coefficient (Wildman–Crippen LogP) is 0.333. The molecule has 2 saturated heterocycles. The van der Waals surface area contributed by atoms with E-state index in [2.05, 4.69) is 17.6 Å². The highest BCUT2D eigenvalue weighted by Gasteiger charge is 2.39. The van der Waals surface area contributed by atoms with Crippen molar-refractivity contribution in [1.29, 1.82) is 0 Å². The summed E-state index contributed by atoms with van der Waals surface area (Å²) < 4.78 is 5.49. The summed E-state index contributed by atoms with van der Waals surface area (Å²) in [5.41, 5.74) is -0.188. The van der Waals surface area contributed by atoms with Crippen LogP contribution in [0.15, 0.2) is 0 Å². The average Bonchev–Trinajstić information content (AvgIpc) is 2.78. The first kappa shape index (κ1) is 11.2. The molecule has 0 aromatic carbocycles. The van der Waals surface area contributed by atoms with Gasteiger partial charge in [-0.2, -0.15) is 0 Å². The highest BCUT2D eigenvalue weighted by Crippen LogP contribution is 2.25. The van der Waals surface area contributed by atoms with Crippen LogP contribution < -0.4 is 10.6 Å². The van der Waals surface area contributed by atoms with E-state index >= 15 is 0 Å². The fourth-order valence-electron chi connectivity index (χ4n) is 1.93. The Morgan fingerprint density at radius 1 is 1.67 bits per heavy atom. The fourth-order valence-corrected chi connectivity index (χ4v) is 2.87. The van der Waals surface area contributed by atoms with Crippen molar-refractivity contribution >= 4 is 17.7 Å². The third-order valence-electron chi connectivity index (χ3n) is 3.33. The van der Waals surface area contributed by atoms with Crippen LogP contribution in [-0.2, 0) is 9.53 Å². The maximum atomic E-state index is 11.9. The molecule has 86 valence electrons. The van der Waals surface area contributed by atoms with E-state index in [-0.39, 0.29) is 23.6 Å². The SMILES string of the molecule is CC1OCCC1(C)NC(=O)C1CSCN1. The Labute approximate surface area is 94.5 Å². The van der Waals surface area contributed by atoms with Gasteiger partial charge in [-0.3, -0.25) is 10.1 Å². The highest BCUT2D eigenvalue weighted by atomic mass is 32.2. The Morgan fingerprint density at radius 3 is 3.00 bits per heavy atom. The van der Waals surface area contributed by atoms with Crippen molar-refractivity contribution in [3.8, 4) is 0 Å². The van der Waals surface area contributed by atoms with Gasteiger partial charge in [0.1, 0.15) is 0 Å². The maximum absolute atomic E-state index is 11.9. The van der Waals surface area contributed by atoms with Gasteiger partial charge in [-0.25, -0.2) is 0 Å². The molecule has 2 N–H and O–H groups in total. The molecule has 0 bridgehead atoms. The summed E-state index contributed by atoms with van der Waals surface area (Å²) in [5, 5.41) is 6.28. The minimum atomic E-state index is -0.188. The molecule has 4 nitrogen and oxygen atoms in total. The molecule has 2 aliphatic rings. The molecule has 0 aromatic rings. The van der Waals surface area contributed by atoms with E-state index in [1.807, 2.05) is 6.92 Å². The molecule has 2 fully saturated rings. The third kappa shape index (κ3) is 2.29. The number of thioether (sulfide) groups is 1. The summed E-state index contributed by atoms with van der Waals surface area (Å²) in [7, 11) is 0. The molecule has 0 radical (unpaired) electrons. The van der Waals surface area contributed by atoms with E-state index < -0.39 is 0 Å². The van der Waals surface area contributed by atoms with Gasteiger partial charge in [0.2, 0.25) is 5.91 Å². The summed E-state index contributed by atoms with van der Waals surface area (Å²) >= 11 is 1.76. The largest absolute Gasteiger partial charge is 0.376 e. The van der Waals surface area contributed by atoms with Crippen molar-refractivity contribution in [1.82, 2.24) is 10.6 Å². The summed E-state index contributed by atoms with van der Waals surface area (Å²) in [6.07, 6.45) is 1.01. The zero-order valence-corrected chi connectivity index (χ0v) is 10.0. The van der Waals surface area contributed by atoms with Crippen molar-refractivity contribution in [2.75, 3.05) is 18.2 Å². The summed E-state index contributed by atoms with van der Waals surface area (Å²) in [6, 6.07) is -0.0281. The standard InChI is InChI=1S/C10H18N2O2S/c1-7-10(2,3-4-14-7)12-9(13)8-5-15-6-11-8/h7-8,11H,3-6H2,1-2H3,(H,12,13). The smallest absolute Gasteiger partial charge is 0.238 e. The van der Waals surface area contributed by atoms with Crippen LogP contribution in [0.5, 0.6) is 0 Å². The first-order valence-electron chi connectivity index (χ1n) is 5.36. The van der Waals surface area contributed by atoms with Crippen LogP contribution in [0.3, 0.4) is 0 Å². The van der Waals surface area contributed by atoms with Gasteiger partial charge in [-0.05, 0) is 20.3 Å². The Balaban J connectivity index is 1.92. The number of hydrogen-bond acceptors (Lipinski definition) is 4. The Hall–Kier alpha value is -0.260. The molecular weight excluding hydrogens is 212 g/mol. The number of nitrogens with one attached hydrogen (secondary N) is 2. The second kappa shape index (κ2) is 4.31. The predicted molar refractivity (Wildman–Crippen MR) is 60.8 cm³/mol. The van der Waals surface area contributed by atoms with Crippen LogP contribution in [0, 0.1) is 0 Å². The van der Waals surface area contributed by atoms with E-state index in [0.29, 0.717) is 0 Å². The molecule has 0 aliphatic carbocycles. The van der Waals surface area contributed by atoms with Gasteiger partial charge in [0.15, 0.2) is 0 Å². The highest BCUT2D eigenvalue weighted by molar-refractivity contribution is 7.99. The summed E-state index contributed by atoms with van der Waals surface area (Å²) in [4.78, 5) is 11.9. The molecule has 0 aromatic heterocycles. The van der Waals surface area contributed by atoms with E-state index in [4.69, 9.17) is 4.74 Å². The van der Waals surface area contributed by atoms with Crippen molar-refractivity contribution in [3.05, 3.63) is 0 Å². The van der Waals surface area contributed by atoms with E-state index in [9.17, 15) is 4.79 Å². The van der Waals surface area contributed by atoms with Crippen molar-refractivity contribution in [2.24, 2.45) is 0 Å². The van der Waals surface area contributed by atoms with Gasteiger partial charge in [-0.1, -0.05) is 0 Å². The number of carbonyl (C=O) groups is 1. The lowest BCUT2D eigenvalue weighted by Crippen LogP contribution is -2.55. The van der Waals surface area contributed by atoms with E-state index in [1.165, 1.54) is 0 Å². The van der Waals surface area contributed by atoms with Gasteiger partial charge in [0.25, 0.3) is 0 Å². The van der Waals surface area contributed by atoms with E-state index in [0.717, 1.165) is 24.7 Å². The molecule has 2 rings (SSSR count). The van der Waals surface area contributed by atoms with Crippen LogP contribution in [0.2, 0.25) is 0 Å². The monoisotopic (exact) mass is 230 g/mol. The van der Waals surface area contributed by atoms with Gasteiger partial charge in [0, 0.05) is 18.2 Å². The fraction of sp³-hybridized carbons (Fsp3) is 0.900. The lowest BCUT2D eigenvalue weighted by atomic mass is 9.94. The van der Waals surface area contributed by atoms with Crippen LogP contribution >= 0.6 is 11.8 Å². The second-order valence-corrected chi connectivity index (χ2v) is 5.47. The minimum absolute atomic E-state index is 0.0281. The number of carbonyl (C=O) groups excluding carboxylic acids is 1. The molecule has 0 spiro atoms. The Kier molecular flexibility index (Phi) is 3.23. The summed E-state index contributed by atoms with van der Waals surface area (Å²) in [6.45, 7) is 4.82. The van der Waals surface area contributed by atoms with Crippen LogP contribution in [0.25, 0.3) is 0 Å². The van der Waals surface area contributed by atoms with E-state index in [1.54, 1.807) is 11.8 Å². The van der Waals surface area contributed by atoms with Gasteiger partial charge >= 0.3 is 0 Å².